The van der Waals surface area contributed by atoms with Gasteiger partial charge in [0.15, 0.2) is 0 Å². The van der Waals surface area contributed by atoms with Crippen LogP contribution in [0.15, 0.2) is 29.1 Å². The van der Waals surface area contributed by atoms with Gasteiger partial charge in [0.1, 0.15) is 6.04 Å². The molecule has 0 spiro atoms. The lowest BCUT2D eigenvalue weighted by molar-refractivity contribution is -0.124. The molecular formula is C13H16N2O2S. The lowest BCUT2D eigenvalue weighted by Crippen LogP contribution is -2.37. The zero-order chi connectivity index (χ0) is 13.3. The van der Waals surface area contributed by atoms with E-state index in [0.29, 0.717) is 5.39 Å². The average Bonchev–Trinajstić information content (AvgIpc) is 2.66. The van der Waals surface area contributed by atoms with Gasteiger partial charge in [0, 0.05) is 6.04 Å². The molecule has 96 valence electrons. The second-order valence-corrected chi connectivity index (χ2v) is 5.57. The van der Waals surface area contributed by atoms with E-state index in [-0.39, 0.29) is 17.5 Å². The quantitative estimate of drug-likeness (QED) is 0.923. The lowest BCUT2D eigenvalue weighted by Gasteiger charge is -2.14. The minimum atomic E-state index is -0.475. The number of fused-ring (bicyclic) bond motifs is 1. The number of nitrogens with zero attached hydrogens (tertiary/aromatic N) is 1. The number of amides is 1. The Balaban J connectivity index is 2.39. The van der Waals surface area contributed by atoms with E-state index in [1.807, 2.05) is 32.0 Å². The highest BCUT2D eigenvalue weighted by Gasteiger charge is 2.19. The smallest absolute Gasteiger partial charge is 0.269 e. The Morgan fingerprint density at radius 3 is 2.56 bits per heavy atom. The van der Waals surface area contributed by atoms with Crippen molar-refractivity contribution >= 4 is 27.5 Å². The molecule has 1 aromatic carbocycles. The first-order valence-electron chi connectivity index (χ1n) is 5.91. The van der Waals surface area contributed by atoms with Crippen molar-refractivity contribution in [2.45, 2.75) is 32.9 Å². The maximum absolute atomic E-state index is 12.2. The number of nitrogens with one attached hydrogen (secondary N) is 1. The highest BCUT2D eigenvalue weighted by atomic mass is 32.1. The van der Waals surface area contributed by atoms with Gasteiger partial charge in [-0.15, -0.1) is 0 Å². The van der Waals surface area contributed by atoms with Crippen molar-refractivity contribution in [3.05, 3.63) is 34.6 Å². The van der Waals surface area contributed by atoms with E-state index in [9.17, 15) is 9.59 Å². The maximum Gasteiger partial charge on any atom is 0.269 e. The molecule has 0 fully saturated rings. The van der Waals surface area contributed by atoms with E-state index in [0.717, 1.165) is 4.70 Å². The van der Waals surface area contributed by atoms with Crippen LogP contribution in [-0.2, 0) is 4.79 Å². The molecule has 0 saturated heterocycles. The topological polar surface area (TPSA) is 51.1 Å². The standard InChI is InChI=1S/C13H16N2O2S/c1-8(2)14-12(16)9(3)15-13(17)10-6-4-5-7-11(10)18-15/h4-9H,1-3H3,(H,14,16). The number of carbonyl (C=O) groups excluding carboxylic acids is 1. The summed E-state index contributed by atoms with van der Waals surface area (Å²) in [7, 11) is 0. The summed E-state index contributed by atoms with van der Waals surface area (Å²) in [5, 5.41) is 3.49. The third kappa shape index (κ3) is 2.31. The zero-order valence-corrected chi connectivity index (χ0v) is 11.5. The fourth-order valence-electron chi connectivity index (χ4n) is 1.76. The third-order valence-corrected chi connectivity index (χ3v) is 3.91. The van der Waals surface area contributed by atoms with Crippen LogP contribution < -0.4 is 10.9 Å². The molecule has 0 aliphatic rings. The van der Waals surface area contributed by atoms with Crippen LogP contribution in [0.5, 0.6) is 0 Å². The first-order valence-corrected chi connectivity index (χ1v) is 6.69. The maximum atomic E-state index is 12.2. The lowest BCUT2D eigenvalue weighted by atomic mass is 10.2. The van der Waals surface area contributed by atoms with Crippen LogP contribution in [0.25, 0.3) is 10.1 Å². The van der Waals surface area contributed by atoms with Crippen LogP contribution in [-0.4, -0.2) is 15.9 Å². The first kappa shape index (κ1) is 12.8. The van der Waals surface area contributed by atoms with Gasteiger partial charge in [-0.05, 0) is 32.9 Å². The van der Waals surface area contributed by atoms with Crippen LogP contribution in [0.2, 0.25) is 0 Å². The first-order chi connectivity index (χ1) is 8.50. The van der Waals surface area contributed by atoms with Crippen molar-refractivity contribution in [1.29, 1.82) is 0 Å². The average molecular weight is 264 g/mol. The van der Waals surface area contributed by atoms with Crippen LogP contribution >= 0.6 is 11.5 Å². The van der Waals surface area contributed by atoms with Gasteiger partial charge in [-0.3, -0.25) is 13.5 Å². The van der Waals surface area contributed by atoms with E-state index < -0.39 is 6.04 Å². The summed E-state index contributed by atoms with van der Waals surface area (Å²) in [6.07, 6.45) is 0. The number of carbonyl (C=O) groups is 1. The molecule has 1 unspecified atom stereocenters. The Kier molecular flexibility index (Phi) is 3.52. The summed E-state index contributed by atoms with van der Waals surface area (Å²) < 4.78 is 2.44. The molecule has 0 aliphatic carbocycles. The Morgan fingerprint density at radius 2 is 1.94 bits per heavy atom. The highest BCUT2D eigenvalue weighted by Crippen LogP contribution is 2.19. The highest BCUT2D eigenvalue weighted by molar-refractivity contribution is 7.13. The van der Waals surface area contributed by atoms with Gasteiger partial charge < -0.3 is 5.32 Å². The molecule has 1 heterocycles. The number of hydrogen-bond acceptors (Lipinski definition) is 3. The van der Waals surface area contributed by atoms with Gasteiger partial charge in [0.2, 0.25) is 5.91 Å². The fraction of sp³-hybridized carbons (Fsp3) is 0.385. The minimum Gasteiger partial charge on any atom is -0.352 e. The minimum absolute atomic E-state index is 0.0741. The fourth-order valence-corrected chi connectivity index (χ4v) is 2.80. The van der Waals surface area contributed by atoms with Crippen LogP contribution in [0.3, 0.4) is 0 Å². The molecule has 1 amide bonds. The van der Waals surface area contributed by atoms with Gasteiger partial charge in [-0.1, -0.05) is 23.7 Å². The molecule has 4 nitrogen and oxygen atoms in total. The Labute approximate surface area is 109 Å². The largest absolute Gasteiger partial charge is 0.352 e. The second-order valence-electron chi connectivity index (χ2n) is 4.56. The molecule has 1 atom stereocenters. The summed E-state index contributed by atoms with van der Waals surface area (Å²) in [4.78, 5) is 24.1. The number of hydrogen-bond donors (Lipinski definition) is 1. The molecule has 0 saturated carbocycles. The van der Waals surface area contributed by atoms with Gasteiger partial charge in [-0.25, -0.2) is 0 Å². The molecule has 2 aromatic rings. The third-order valence-electron chi connectivity index (χ3n) is 2.68. The van der Waals surface area contributed by atoms with E-state index >= 15 is 0 Å². The van der Waals surface area contributed by atoms with Gasteiger partial charge in [0.05, 0.1) is 10.1 Å². The molecule has 5 heteroatoms. The van der Waals surface area contributed by atoms with E-state index in [1.165, 1.54) is 15.5 Å². The Bertz CT molecular complexity index is 627. The molecule has 1 aromatic heterocycles. The second kappa shape index (κ2) is 4.94. The summed E-state index contributed by atoms with van der Waals surface area (Å²) in [6, 6.07) is 7.01. The monoisotopic (exact) mass is 264 g/mol. The van der Waals surface area contributed by atoms with Crippen molar-refractivity contribution < 1.29 is 4.79 Å². The van der Waals surface area contributed by atoms with Crippen LogP contribution in [0.4, 0.5) is 0 Å². The van der Waals surface area contributed by atoms with Crippen molar-refractivity contribution in [2.24, 2.45) is 0 Å². The molecular weight excluding hydrogens is 248 g/mol. The van der Waals surface area contributed by atoms with Crippen molar-refractivity contribution in [1.82, 2.24) is 9.27 Å². The van der Waals surface area contributed by atoms with Crippen LogP contribution in [0, 0.1) is 0 Å². The Hall–Kier alpha value is -1.62. The predicted octanol–water partition coefficient (Wildman–Crippen LogP) is 2.15. The van der Waals surface area contributed by atoms with Gasteiger partial charge in [0.25, 0.3) is 5.56 Å². The number of benzene rings is 1. The molecule has 1 N–H and O–H groups in total. The summed E-state index contributed by atoms with van der Waals surface area (Å²) in [5.41, 5.74) is -0.0954. The van der Waals surface area contributed by atoms with Crippen LogP contribution in [0.1, 0.15) is 26.8 Å². The SMILES string of the molecule is CC(C)NC(=O)C(C)n1sc2ccccc2c1=O. The van der Waals surface area contributed by atoms with Gasteiger partial charge in [-0.2, -0.15) is 0 Å². The van der Waals surface area contributed by atoms with Gasteiger partial charge >= 0.3 is 0 Å². The molecule has 0 aliphatic heterocycles. The molecule has 18 heavy (non-hydrogen) atoms. The zero-order valence-electron chi connectivity index (χ0n) is 10.6. The van der Waals surface area contributed by atoms with Crippen molar-refractivity contribution in [3.63, 3.8) is 0 Å². The van der Waals surface area contributed by atoms with E-state index in [1.54, 1.807) is 13.0 Å². The van der Waals surface area contributed by atoms with Crippen molar-refractivity contribution in [2.75, 3.05) is 0 Å². The summed E-state index contributed by atoms with van der Waals surface area (Å²) in [6.45, 7) is 5.55. The summed E-state index contributed by atoms with van der Waals surface area (Å²) in [5.74, 6) is -0.126. The molecule has 2 rings (SSSR count). The van der Waals surface area contributed by atoms with Crippen molar-refractivity contribution in [3.8, 4) is 0 Å². The van der Waals surface area contributed by atoms with E-state index in [2.05, 4.69) is 5.32 Å². The number of aromatic nitrogens is 1. The predicted molar refractivity (Wildman–Crippen MR) is 74.1 cm³/mol. The van der Waals surface area contributed by atoms with E-state index in [4.69, 9.17) is 0 Å². The Morgan fingerprint density at radius 1 is 1.28 bits per heavy atom. The molecule has 0 radical (unpaired) electrons. The summed E-state index contributed by atoms with van der Waals surface area (Å²) >= 11 is 1.33. The normalized spacial score (nSPS) is 12.9. The number of rotatable bonds is 3. The molecule has 0 bridgehead atoms.